The van der Waals surface area contributed by atoms with Gasteiger partial charge in [0, 0.05) is 25.5 Å². The molecule has 0 saturated heterocycles. The van der Waals surface area contributed by atoms with E-state index in [4.69, 9.17) is 0 Å². The van der Waals surface area contributed by atoms with Crippen molar-refractivity contribution in [1.82, 2.24) is 10.6 Å². The van der Waals surface area contributed by atoms with Crippen LogP contribution in [-0.4, -0.2) is 40.1 Å². The number of aliphatic imine (C=N–C) groups is 1. The number of halogens is 2. The monoisotopic (exact) mass is 562 g/mol. The van der Waals surface area contributed by atoms with Crippen LogP contribution in [0.1, 0.15) is 23.6 Å². The number of anilines is 1. The highest BCUT2D eigenvalue weighted by molar-refractivity contribution is 14.0. The number of amides is 1. The Bertz CT molecular complexity index is 1030. The summed E-state index contributed by atoms with van der Waals surface area (Å²) in [5.41, 5.74) is 2.85. The molecular weight excluding hydrogens is 534 g/mol. The normalized spacial score (nSPS) is 11.4. The van der Waals surface area contributed by atoms with Gasteiger partial charge in [-0.1, -0.05) is 25.1 Å². The van der Waals surface area contributed by atoms with Gasteiger partial charge >= 0.3 is 0 Å². The zero-order valence-electron chi connectivity index (χ0n) is 17.7. The highest BCUT2D eigenvalue weighted by Gasteiger charge is 2.11. The molecule has 0 aliphatic heterocycles. The highest BCUT2D eigenvalue weighted by Crippen LogP contribution is 2.14. The van der Waals surface area contributed by atoms with Gasteiger partial charge in [0.1, 0.15) is 5.82 Å². The number of nitrogens with zero attached hydrogens (tertiary/aromatic N) is 1. The molecule has 0 aliphatic carbocycles. The first-order chi connectivity index (χ1) is 14.2. The zero-order valence-corrected chi connectivity index (χ0v) is 20.9. The largest absolute Gasteiger partial charge is 0.352 e. The predicted molar refractivity (Wildman–Crippen MR) is 133 cm³/mol. The van der Waals surface area contributed by atoms with E-state index in [1.54, 1.807) is 7.05 Å². The molecule has 0 fully saturated rings. The second-order valence-corrected chi connectivity index (χ2v) is 9.00. The van der Waals surface area contributed by atoms with Crippen LogP contribution in [0, 0.1) is 5.82 Å². The lowest BCUT2D eigenvalue weighted by Crippen LogP contribution is -2.41. The number of guanidine groups is 1. The maximum atomic E-state index is 13.6. The van der Waals surface area contributed by atoms with Gasteiger partial charge in [-0.15, -0.1) is 24.0 Å². The first-order valence-corrected chi connectivity index (χ1v) is 11.5. The lowest BCUT2D eigenvalue weighted by atomic mass is 10.1. The number of carbonyl (C=O) groups is 1. The molecule has 31 heavy (non-hydrogen) atoms. The summed E-state index contributed by atoms with van der Waals surface area (Å²) in [6.45, 7) is 2.18. The molecule has 2 rings (SSSR count). The van der Waals surface area contributed by atoms with E-state index >= 15 is 0 Å². The Morgan fingerprint density at radius 3 is 2.48 bits per heavy atom. The summed E-state index contributed by atoms with van der Waals surface area (Å²) in [6.07, 6.45) is 2.00. The molecule has 0 heterocycles. The molecule has 0 atom stereocenters. The molecule has 0 unspecified atom stereocenters. The molecule has 170 valence electrons. The number of carbonyl (C=O) groups excluding carboxylic acids is 1. The van der Waals surface area contributed by atoms with E-state index < -0.39 is 15.7 Å². The smallest absolute Gasteiger partial charge is 0.243 e. The van der Waals surface area contributed by atoms with Crippen molar-refractivity contribution in [2.75, 3.05) is 25.2 Å². The van der Waals surface area contributed by atoms with Gasteiger partial charge < -0.3 is 16.0 Å². The van der Waals surface area contributed by atoms with Crippen molar-refractivity contribution in [2.45, 2.75) is 25.6 Å². The summed E-state index contributed by atoms with van der Waals surface area (Å²) in [5.74, 6) is -0.548. The molecule has 2 aromatic carbocycles. The number of sulfone groups is 1. The van der Waals surface area contributed by atoms with Crippen LogP contribution in [0.5, 0.6) is 0 Å². The van der Waals surface area contributed by atoms with Gasteiger partial charge in [-0.25, -0.2) is 12.8 Å². The first-order valence-electron chi connectivity index (χ1n) is 9.48. The van der Waals surface area contributed by atoms with E-state index in [2.05, 4.69) is 20.9 Å². The predicted octanol–water partition coefficient (Wildman–Crippen LogP) is 2.85. The van der Waals surface area contributed by atoms with Gasteiger partial charge in [0.25, 0.3) is 0 Å². The van der Waals surface area contributed by atoms with Gasteiger partial charge in [0.05, 0.1) is 12.3 Å². The van der Waals surface area contributed by atoms with E-state index in [1.807, 2.05) is 31.2 Å². The summed E-state index contributed by atoms with van der Waals surface area (Å²) < 4.78 is 36.8. The molecule has 7 nitrogen and oxygen atoms in total. The average Bonchev–Trinajstić information content (AvgIpc) is 2.69. The molecule has 1 amide bonds. The number of hydrogen-bond acceptors (Lipinski definition) is 4. The van der Waals surface area contributed by atoms with E-state index in [0.29, 0.717) is 22.8 Å². The first kappa shape index (κ1) is 26.8. The Labute approximate surface area is 199 Å². The lowest BCUT2D eigenvalue weighted by Gasteiger charge is -2.14. The topological polar surface area (TPSA) is 99.7 Å². The summed E-state index contributed by atoms with van der Waals surface area (Å²) in [5, 5.41) is 8.67. The Balaban J connectivity index is 0.00000480. The fourth-order valence-corrected chi connectivity index (χ4v) is 3.67. The third kappa shape index (κ3) is 9.64. The SMILES string of the molecule is CCc1cccc(NC(=O)CNC(=NC)NCc2cc(F)ccc2CS(C)(=O)=O)c1.I. The van der Waals surface area contributed by atoms with E-state index in [1.165, 1.54) is 18.2 Å². The molecule has 0 radical (unpaired) electrons. The van der Waals surface area contributed by atoms with Crippen LogP contribution in [-0.2, 0) is 33.4 Å². The Morgan fingerprint density at radius 2 is 1.84 bits per heavy atom. The Hall–Kier alpha value is -2.21. The highest BCUT2D eigenvalue weighted by atomic mass is 127. The molecule has 2 aromatic rings. The van der Waals surface area contributed by atoms with Crippen LogP contribution in [0.25, 0.3) is 0 Å². The quantitative estimate of drug-likeness (QED) is 0.261. The third-order valence-corrected chi connectivity index (χ3v) is 5.13. The van der Waals surface area contributed by atoms with Crippen molar-refractivity contribution in [3.63, 3.8) is 0 Å². The van der Waals surface area contributed by atoms with Crippen LogP contribution in [0.3, 0.4) is 0 Å². The van der Waals surface area contributed by atoms with Crippen LogP contribution >= 0.6 is 24.0 Å². The fourth-order valence-electron chi connectivity index (χ4n) is 2.82. The molecule has 0 saturated carbocycles. The van der Waals surface area contributed by atoms with Crippen LogP contribution in [0.15, 0.2) is 47.5 Å². The third-order valence-electron chi connectivity index (χ3n) is 4.29. The second-order valence-electron chi connectivity index (χ2n) is 6.86. The molecule has 3 N–H and O–H groups in total. The van der Waals surface area contributed by atoms with Gasteiger partial charge in [0.15, 0.2) is 15.8 Å². The van der Waals surface area contributed by atoms with Crippen LogP contribution in [0.4, 0.5) is 10.1 Å². The minimum Gasteiger partial charge on any atom is -0.352 e. The standard InChI is InChI=1S/C21H27FN4O3S.HI/c1-4-15-6-5-7-19(10-15)26-20(27)13-25-21(23-2)24-12-17-11-18(22)9-8-16(17)14-30(3,28)29;/h5-11H,4,12-14H2,1-3H3,(H,26,27)(H2,23,24,25);1H. The summed E-state index contributed by atoms with van der Waals surface area (Å²) >= 11 is 0. The molecule has 0 spiro atoms. The lowest BCUT2D eigenvalue weighted by molar-refractivity contribution is -0.115. The van der Waals surface area contributed by atoms with Crippen molar-refractivity contribution in [1.29, 1.82) is 0 Å². The molecule has 0 aromatic heterocycles. The average molecular weight is 562 g/mol. The van der Waals surface area contributed by atoms with Gasteiger partial charge in [-0.05, 0) is 47.4 Å². The van der Waals surface area contributed by atoms with Crippen molar-refractivity contribution >= 4 is 51.4 Å². The number of aryl methyl sites for hydroxylation is 1. The summed E-state index contributed by atoms with van der Waals surface area (Å²) in [6, 6.07) is 11.6. The number of benzene rings is 2. The van der Waals surface area contributed by atoms with Crippen molar-refractivity contribution in [3.05, 3.63) is 65.0 Å². The van der Waals surface area contributed by atoms with Gasteiger partial charge in [0.2, 0.25) is 5.91 Å². The van der Waals surface area contributed by atoms with Crippen molar-refractivity contribution in [3.8, 4) is 0 Å². The minimum atomic E-state index is -3.26. The number of nitrogens with one attached hydrogen (secondary N) is 3. The van der Waals surface area contributed by atoms with Crippen LogP contribution in [0.2, 0.25) is 0 Å². The summed E-state index contributed by atoms with van der Waals surface area (Å²) in [7, 11) is -1.72. The van der Waals surface area contributed by atoms with Gasteiger partial charge in [-0.3, -0.25) is 9.79 Å². The van der Waals surface area contributed by atoms with Crippen LogP contribution < -0.4 is 16.0 Å². The van der Waals surface area contributed by atoms with Gasteiger partial charge in [-0.2, -0.15) is 0 Å². The number of hydrogen-bond donors (Lipinski definition) is 3. The minimum absolute atomic E-state index is 0. The Kier molecular flexibility index (Phi) is 10.9. The number of rotatable bonds is 8. The second kappa shape index (κ2) is 12.6. The molecule has 0 bridgehead atoms. The maximum Gasteiger partial charge on any atom is 0.243 e. The Morgan fingerprint density at radius 1 is 1.10 bits per heavy atom. The fraction of sp³-hybridized carbons (Fsp3) is 0.333. The van der Waals surface area contributed by atoms with E-state index in [0.717, 1.165) is 18.2 Å². The molecular formula is C21H28FIN4O3S. The molecule has 10 heteroatoms. The zero-order chi connectivity index (χ0) is 22.1. The van der Waals surface area contributed by atoms with E-state index in [9.17, 15) is 17.6 Å². The maximum absolute atomic E-state index is 13.6. The van der Waals surface area contributed by atoms with E-state index in [-0.39, 0.29) is 48.7 Å². The van der Waals surface area contributed by atoms with Crippen molar-refractivity contribution in [2.24, 2.45) is 4.99 Å². The summed E-state index contributed by atoms with van der Waals surface area (Å²) in [4.78, 5) is 16.2. The molecule has 0 aliphatic rings. The van der Waals surface area contributed by atoms with Crippen molar-refractivity contribution < 1.29 is 17.6 Å².